The summed E-state index contributed by atoms with van der Waals surface area (Å²) in [6, 6.07) is 12.5. The first kappa shape index (κ1) is 14.3. The molecule has 104 valence electrons. The molecule has 0 bridgehead atoms. The SMILES string of the molecule is C=Cc1ccc(OC)c(-c2ccc(S(C)(=O)=O)cc2)c1. The van der Waals surface area contributed by atoms with Gasteiger partial charge in [-0.05, 0) is 35.4 Å². The van der Waals surface area contributed by atoms with E-state index in [-0.39, 0.29) is 0 Å². The maximum absolute atomic E-state index is 11.5. The van der Waals surface area contributed by atoms with Crippen molar-refractivity contribution in [2.24, 2.45) is 0 Å². The quantitative estimate of drug-likeness (QED) is 0.866. The summed E-state index contributed by atoms with van der Waals surface area (Å²) in [6.45, 7) is 3.75. The fourth-order valence-corrected chi connectivity index (χ4v) is 2.59. The van der Waals surface area contributed by atoms with E-state index < -0.39 is 9.84 Å². The molecular weight excluding hydrogens is 272 g/mol. The van der Waals surface area contributed by atoms with Crippen molar-refractivity contribution >= 4 is 15.9 Å². The Bertz CT molecular complexity index is 729. The van der Waals surface area contributed by atoms with Crippen molar-refractivity contribution in [3.05, 3.63) is 54.6 Å². The average Bonchev–Trinajstić information content (AvgIpc) is 2.45. The Labute approximate surface area is 119 Å². The smallest absolute Gasteiger partial charge is 0.175 e. The molecular formula is C16H16O3S. The first-order valence-corrected chi connectivity index (χ1v) is 7.96. The van der Waals surface area contributed by atoms with Gasteiger partial charge in [0.2, 0.25) is 0 Å². The number of rotatable bonds is 4. The molecule has 4 heteroatoms. The number of hydrogen-bond acceptors (Lipinski definition) is 3. The number of methoxy groups -OCH3 is 1. The van der Waals surface area contributed by atoms with Crippen LogP contribution in [0.1, 0.15) is 5.56 Å². The minimum absolute atomic E-state index is 0.306. The molecule has 0 aromatic heterocycles. The lowest BCUT2D eigenvalue weighted by atomic mass is 10.0. The van der Waals surface area contributed by atoms with Gasteiger partial charge in [-0.3, -0.25) is 0 Å². The molecule has 0 aliphatic carbocycles. The van der Waals surface area contributed by atoms with Crippen LogP contribution in [0.4, 0.5) is 0 Å². The van der Waals surface area contributed by atoms with Crippen LogP contribution in [0.25, 0.3) is 17.2 Å². The van der Waals surface area contributed by atoms with Crippen LogP contribution in [0.15, 0.2) is 53.9 Å². The molecule has 0 saturated heterocycles. The van der Waals surface area contributed by atoms with Gasteiger partial charge in [-0.2, -0.15) is 0 Å². The molecule has 0 unspecified atom stereocenters. The van der Waals surface area contributed by atoms with Crippen LogP contribution in [-0.4, -0.2) is 21.8 Å². The summed E-state index contributed by atoms with van der Waals surface area (Å²) in [4.78, 5) is 0.306. The minimum atomic E-state index is -3.18. The van der Waals surface area contributed by atoms with Gasteiger partial charge >= 0.3 is 0 Å². The van der Waals surface area contributed by atoms with E-state index in [9.17, 15) is 8.42 Å². The molecule has 3 nitrogen and oxygen atoms in total. The minimum Gasteiger partial charge on any atom is -0.496 e. The van der Waals surface area contributed by atoms with Crippen LogP contribution >= 0.6 is 0 Å². The van der Waals surface area contributed by atoms with Crippen molar-refractivity contribution in [2.45, 2.75) is 4.90 Å². The predicted molar refractivity (Wildman–Crippen MR) is 81.6 cm³/mol. The maximum Gasteiger partial charge on any atom is 0.175 e. The highest BCUT2D eigenvalue weighted by Gasteiger charge is 2.09. The lowest BCUT2D eigenvalue weighted by Gasteiger charge is -2.10. The zero-order chi connectivity index (χ0) is 14.8. The molecule has 0 N–H and O–H groups in total. The monoisotopic (exact) mass is 288 g/mol. The van der Waals surface area contributed by atoms with Gasteiger partial charge in [-0.1, -0.05) is 30.9 Å². The molecule has 2 aromatic rings. The third kappa shape index (κ3) is 2.91. The van der Waals surface area contributed by atoms with Gasteiger partial charge in [0.1, 0.15) is 5.75 Å². The van der Waals surface area contributed by atoms with E-state index in [1.54, 1.807) is 37.5 Å². The van der Waals surface area contributed by atoms with Crippen molar-refractivity contribution in [1.82, 2.24) is 0 Å². The van der Waals surface area contributed by atoms with Gasteiger partial charge in [-0.15, -0.1) is 0 Å². The van der Waals surface area contributed by atoms with Crippen molar-refractivity contribution < 1.29 is 13.2 Å². The number of sulfone groups is 1. The summed E-state index contributed by atoms with van der Waals surface area (Å²) in [6.07, 6.45) is 2.95. The number of ether oxygens (including phenoxy) is 1. The van der Waals surface area contributed by atoms with E-state index in [1.807, 2.05) is 18.2 Å². The summed E-state index contributed by atoms with van der Waals surface area (Å²) in [5.74, 6) is 0.739. The predicted octanol–water partition coefficient (Wildman–Crippen LogP) is 3.41. The molecule has 0 amide bonds. The lowest BCUT2D eigenvalue weighted by Crippen LogP contribution is -1.96. The van der Waals surface area contributed by atoms with Crippen LogP contribution in [0.3, 0.4) is 0 Å². The van der Waals surface area contributed by atoms with Crippen molar-refractivity contribution in [3.63, 3.8) is 0 Å². The molecule has 0 saturated carbocycles. The number of benzene rings is 2. The second-order valence-corrected chi connectivity index (χ2v) is 6.48. The Balaban J connectivity index is 2.53. The fraction of sp³-hybridized carbons (Fsp3) is 0.125. The molecule has 0 radical (unpaired) electrons. The third-order valence-electron chi connectivity index (χ3n) is 3.05. The fourth-order valence-electron chi connectivity index (χ4n) is 1.96. The van der Waals surface area contributed by atoms with E-state index in [0.717, 1.165) is 22.4 Å². The molecule has 20 heavy (non-hydrogen) atoms. The summed E-state index contributed by atoms with van der Waals surface area (Å²) in [5.41, 5.74) is 2.79. The van der Waals surface area contributed by atoms with Crippen molar-refractivity contribution in [3.8, 4) is 16.9 Å². The zero-order valence-corrected chi connectivity index (χ0v) is 12.3. The van der Waals surface area contributed by atoms with Crippen LogP contribution in [-0.2, 0) is 9.84 Å². The van der Waals surface area contributed by atoms with Gasteiger partial charge < -0.3 is 4.74 Å². The summed E-state index contributed by atoms with van der Waals surface area (Å²) >= 11 is 0. The second kappa shape index (κ2) is 5.51. The summed E-state index contributed by atoms with van der Waals surface area (Å²) < 4.78 is 28.3. The zero-order valence-electron chi connectivity index (χ0n) is 11.5. The highest BCUT2D eigenvalue weighted by molar-refractivity contribution is 7.90. The highest BCUT2D eigenvalue weighted by atomic mass is 32.2. The average molecular weight is 288 g/mol. The Morgan fingerprint density at radius 2 is 1.75 bits per heavy atom. The Morgan fingerprint density at radius 3 is 2.25 bits per heavy atom. The highest BCUT2D eigenvalue weighted by Crippen LogP contribution is 2.31. The number of hydrogen-bond donors (Lipinski definition) is 0. The van der Waals surface area contributed by atoms with E-state index in [0.29, 0.717) is 4.90 Å². The molecule has 0 fully saturated rings. The Morgan fingerprint density at radius 1 is 1.10 bits per heavy atom. The van der Waals surface area contributed by atoms with E-state index in [2.05, 4.69) is 6.58 Å². The van der Waals surface area contributed by atoms with E-state index in [4.69, 9.17) is 4.74 Å². The van der Waals surface area contributed by atoms with Gasteiger partial charge in [0, 0.05) is 11.8 Å². The lowest BCUT2D eigenvalue weighted by molar-refractivity contribution is 0.416. The van der Waals surface area contributed by atoms with Gasteiger partial charge in [0.15, 0.2) is 9.84 Å². The summed E-state index contributed by atoms with van der Waals surface area (Å²) in [5, 5.41) is 0. The van der Waals surface area contributed by atoms with Crippen LogP contribution in [0.2, 0.25) is 0 Å². The normalized spacial score (nSPS) is 11.1. The van der Waals surface area contributed by atoms with Crippen molar-refractivity contribution in [2.75, 3.05) is 13.4 Å². The largest absolute Gasteiger partial charge is 0.496 e. The maximum atomic E-state index is 11.5. The summed E-state index contributed by atoms with van der Waals surface area (Å²) in [7, 11) is -1.57. The molecule has 2 aromatic carbocycles. The molecule has 2 rings (SSSR count). The Hall–Kier alpha value is -2.07. The molecule has 0 spiro atoms. The first-order chi connectivity index (χ1) is 9.45. The molecule has 0 aliphatic rings. The van der Waals surface area contributed by atoms with E-state index >= 15 is 0 Å². The van der Waals surface area contributed by atoms with Crippen molar-refractivity contribution in [1.29, 1.82) is 0 Å². The topological polar surface area (TPSA) is 43.4 Å². The molecule has 0 heterocycles. The van der Waals surface area contributed by atoms with Gasteiger partial charge in [0.25, 0.3) is 0 Å². The van der Waals surface area contributed by atoms with Crippen LogP contribution in [0, 0.1) is 0 Å². The van der Waals surface area contributed by atoms with Crippen LogP contribution in [0.5, 0.6) is 5.75 Å². The standard InChI is InChI=1S/C16H16O3S/c1-4-12-5-10-16(19-2)15(11-12)13-6-8-14(9-7-13)20(3,17)18/h4-11H,1H2,2-3H3. The van der Waals surface area contributed by atoms with Gasteiger partial charge in [-0.25, -0.2) is 8.42 Å². The third-order valence-corrected chi connectivity index (χ3v) is 4.18. The second-order valence-electron chi connectivity index (χ2n) is 4.46. The molecule has 0 aliphatic heterocycles. The Kier molecular flexibility index (Phi) is 3.95. The van der Waals surface area contributed by atoms with E-state index in [1.165, 1.54) is 6.26 Å². The first-order valence-electron chi connectivity index (χ1n) is 6.06. The van der Waals surface area contributed by atoms with Gasteiger partial charge in [0.05, 0.1) is 12.0 Å². The van der Waals surface area contributed by atoms with Crippen LogP contribution < -0.4 is 4.74 Å². The molecule has 0 atom stereocenters.